The van der Waals surface area contributed by atoms with Crippen LogP contribution in [0.3, 0.4) is 0 Å². The number of Topliss-reactive ketones (excluding diaryl/α,β-unsaturated/α-hetero) is 1. The fraction of sp³-hybridized carbons (Fsp3) is 0.200. The van der Waals surface area contributed by atoms with Crippen LogP contribution in [0.15, 0.2) is 60.8 Å². The molecule has 0 saturated heterocycles. The lowest BCUT2D eigenvalue weighted by atomic mass is 10.1. The molecule has 8 nitrogen and oxygen atoms in total. The minimum absolute atomic E-state index is 0.0383. The van der Waals surface area contributed by atoms with E-state index in [-0.39, 0.29) is 12.5 Å². The number of hydrogen-bond acceptors (Lipinski definition) is 5. The molecule has 1 aliphatic rings. The highest BCUT2D eigenvalue weighted by Crippen LogP contribution is 2.34. The molecule has 0 aliphatic carbocycles. The van der Waals surface area contributed by atoms with Gasteiger partial charge in [0.15, 0.2) is 0 Å². The number of H-pyrrole nitrogens is 1. The van der Waals surface area contributed by atoms with Gasteiger partial charge in [0.1, 0.15) is 12.4 Å². The number of ketones is 1. The molecule has 172 valence electrons. The maximum atomic E-state index is 12.9. The number of nitrogens with zero attached hydrogens (tertiary/aromatic N) is 2. The van der Waals surface area contributed by atoms with Crippen LogP contribution < -0.4 is 10.6 Å². The second-order valence-electron chi connectivity index (χ2n) is 8.04. The highest BCUT2D eigenvalue weighted by Gasteiger charge is 2.27. The number of thioether (sulfide) groups is 1. The third kappa shape index (κ3) is 4.47. The maximum Gasteiger partial charge on any atom is 0.298 e. The molecule has 0 bridgehead atoms. The summed E-state index contributed by atoms with van der Waals surface area (Å²) in [5.74, 6) is 0.186. The van der Waals surface area contributed by atoms with Crippen LogP contribution in [-0.4, -0.2) is 38.9 Å². The van der Waals surface area contributed by atoms with Crippen molar-refractivity contribution < 1.29 is 14.4 Å². The first-order valence-electron chi connectivity index (χ1n) is 11.0. The van der Waals surface area contributed by atoms with Gasteiger partial charge in [0.25, 0.3) is 11.7 Å². The third-order valence-corrected chi connectivity index (χ3v) is 6.73. The molecule has 0 radical (unpaired) electrons. The fourth-order valence-electron chi connectivity index (χ4n) is 4.05. The number of amides is 2. The summed E-state index contributed by atoms with van der Waals surface area (Å²) in [7, 11) is 0. The van der Waals surface area contributed by atoms with E-state index in [1.807, 2.05) is 48.5 Å². The van der Waals surface area contributed by atoms with E-state index >= 15 is 0 Å². The molecule has 3 heterocycles. The number of nitrogens with one attached hydrogen (secondary N) is 3. The largest absolute Gasteiger partial charge is 0.360 e. The van der Waals surface area contributed by atoms with E-state index in [1.165, 1.54) is 4.68 Å². The molecule has 2 amide bonds. The number of carbonyl (C=O) groups is 3. The van der Waals surface area contributed by atoms with Crippen LogP contribution in [0.25, 0.3) is 10.9 Å². The summed E-state index contributed by atoms with van der Waals surface area (Å²) in [5.41, 5.74) is 3.93. The van der Waals surface area contributed by atoms with E-state index in [1.54, 1.807) is 24.0 Å². The number of aromatic amines is 1. The third-order valence-electron chi connectivity index (χ3n) is 5.76. The van der Waals surface area contributed by atoms with Crippen molar-refractivity contribution in [1.29, 1.82) is 0 Å². The lowest BCUT2D eigenvalue weighted by molar-refractivity contribution is -0.121. The average molecular weight is 474 g/mol. The minimum atomic E-state index is -0.755. The van der Waals surface area contributed by atoms with Crippen molar-refractivity contribution in [2.45, 2.75) is 24.5 Å². The van der Waals surface area contributed by atoms with Crippen LogP contribution in [0.5, 0.6) is 0 Å². The summed E-state index contributed by atoms with van der Waals surface area (Å²) < 4.78 is 1.49. The Hall–Kier alpha value is -3.85. The summed E-state index contributed by atoms with van der Waals surface area (Å²) in [4.78, 5) is 41.4. The van der Waals surface area contributed by atoms with Gasteiger partial charge in [-0.15, -0.1) is 0 Å². The number of fused-ring (bicyclic) bond motifs is 2. The number of aromatic nitrogens is 3. The molecule has 2 aromatic carbocycles. The summed E-state index contributed by atoms with van der Waals surface area (Å²) in [6.45, 7) is 0.462. The number of anilines is 1. The molecule has 0 unspecified atom stereocenters. The number of carbonyl (C=O) groups excluding carboxylic acids is 3. The molecule has 34 heavy (non-hydrogen) atoms. The zero-order valence-corrected chi connectivity index (χ0v) is 19.2. The molecular weight excluding hydrogens is 450 g/mol. The monoisotopic (exact) mass is 473 g/mol. The fourth-order valence-corrected chi connectivity index (χ4v) is 5.08. The summed E-state index contributed by atoms with van der Waals surface area (Å²) in [6, 6.07) is 17.2. The van der Waals surface area contributed by atoms with Gasteiger partial charge in [0, 0.05) is 40.7 Å². The maximum absolute atomic E-state index is 12.9. The van der Waals surface area contributed by atoms with Crippen molar-refractivity contribution in [2.24, 2.45) is 0 Å². The van der Waals surface area contributed by atoms with Crippen LogP contribution in [0.4, 0.5) is 5.82 Å². The first kappa shape index (κ1) is 22.0. The normalized spacial score (nSPS) is 12.5. The Morgan fingerprint density at radius 3 is 2.68 bits per heavy atom. The van der Waals surface area contributed by atoms with Gasteiger partial charge in [-0.3, -0.25) is 14.4 Å². The average Bonchev–Trinajstić information content (AvgIpc) is 3.55. The van der Waals surface area contributed by atoms with Crippen molar-refractivity contribution in [3.63, 3.8) is 0 Å². The van der Waals surface area contributed by atoms with Gasteiger partial charge >= 0.3 is 0 Å². The number of rotatable bonds is 8. The van der Waals surface area contributed by atoms with Gasteiger partial charge in [-0.2, -0.15) is 16.9 Å². The summed E-state index contributed by atoms with van der Waals surface area (Å²) >= 11 is 1.68. The molecular formula is C25H23N5O3S. The molecule has 3 N–H and O–H groups in total. The van der Waals surface area contributed by atoms with Crippen molar-refractivity contribution in [2.75, 3.05) is 11.9 Å². The molecule has 0 fully saturated rings. The predicted molar refractivity (Wildman–Crippen MR) is 132 cm³/mol. The first-order chi connectivity index (χ1) is 16.6. The minimum Gasteiger partial charge on any atom is -0.360 e. The quantitative estimate of drug-likeness (QED) is 0.269. The van der Waals surface area contributed by atoms with E-state index in [2.05, 4.69) is 20.7 Å². The highest BCUT2D eigenvalue weighted by molar-refractivity contribution is 7.98. The van der Waals surface area contributed by atoms with Gasteiger partial charge in [-0.25, -0.2) is 4.68 Å². The zero-order valence-electron chi connectivity index (χ0n) is 18.3. The molecule has 0 atom stereocenters. The van der Waals surface area contributed by atoms with E-state index < -0.39 is 11.7 Å². The standard InChI is InChI=1S/C25H23N5O3S/c31-22(26-11-10-16-6-2-1-3-7-16)13-30-24(19-14-34-15-21(19)29-30)28-25(33)23(32)18-12-27-20-9-5-4-8-17(18)20/h1-9,12,27H,10-11,13-15H2,(H,26,31)(H,28,33). The van der Waals surface area contributed by atoms with Crippen LogP contribution in [0.1, 0.15) is 27.2 Å². The van der Waals surface area contributed by atoms with Crippen LogP contribution in [0.2, 0.25) is 0 Å². The van der Waals surface area contributed by atoms with Gasteiger partial charge in [0.2, 0.25) is 5.91 Å². The van der Waals surface area contributed by atoms with E-state index in [4.69, 9.17) is 0 Å². The predicted octanol–water partition coefficient (Wildman–Crippen LogP) is 3.29. The Morgan fingerprint density at radius 1 is 1.03 bits per heavy atom. The van der Waals surface area contributed by atoms with E-state index in [0.717, 1.165) is 28.8 Å². The molecule has 0 spiro atoms. The van der Waals surface area contributed by atoms with Crippen molar-refractivity contribution in [3.05, 3.63) is 83.2 Å². The molecule has 1 aliphatic heterocycles. The van der Waals surface area contributed by atoms with Crippen LogP contribution in [0, 0.1) is 0 Å². The van der Waals surface area contributed by atoms with Crippen LogP contribution >= 0.6 is 11.8 Å². The summed E-state index contributed by atoms with van der Waals surface area (Å²) in [5, 5.41) is 10.9. The van der Waals surface area contributed by atoms with Crippen LogP contribution in [-0.2, 0) is 34.1 Å². The molecule has 9 heteroatoms. The lowest BCUT2D eigenvalue weighted by Gasteiger charge is -2.11. The summed E-state index contributed by atoms with van der Waals surface area (Å²) in [6.07, 6.45) is 2.27. The van der Waals surface area contributed by atoms with Gasteiger partial charge in [0.05, 0.1) is 11.3 Å². The molecule has 0 saturated carbocycles. The molecule has 5 rings (SSSR count). The van der Waals surface area contributed by atoms with Gasteiger partial charge < -0.3 is 15.6 Å². The van der Waals surface area contributed by atoms with E-state index in [9.17, 15) is 14.4 Å². The second-order valence-corrected chi connectivity index (χ2v) is 9.03. The SMILES string of the molecule is O=C(Cn1nc2c(c1NC(=O)C(=O)c1c[nH]c3ccccc13)CSC2)NCCc1ccccc1. The Kier molecular flexibility index (Phi) is 6.18. The Balaban J connectivity index is 1.28. The zero-order chi connectivity index (χ0) is 23.5. The number of benzene rings is 2. The topological polar surface area (TPSA) is 109 Å². The Bertz CT molecular complexity index is 1380. The second kappa shape index (κ2) is 9.56. The van der Waals surface area contributed by atoms with Crippen molar-refractivity contribution in [3.8, 4) is 0 Å². The number of para-hydroxylation sites is 1. The highest BCUT2D eigenvalue weighted by atomic mass is 32.2. The Labute approximate surface area is 200 Å². The van der Waals surface area contributed by atoms with E-state index in [0.29, 0.717) is 34.8 Å². The van der Waals surface area contributed by atoms with Crippen molar-refractivity contribution >= 4 is 46.1 Å². The smallest absolute Gasteiger partial charge is 0.298 e. The molecule has 4 aromatic rings. The lowest BCUT2D eigenvalue weighted by Crippen LogP contribution is -2.31. The Morgan fingerprint density at radius 2 is 1.82 bits per heavy atom. The van der Waals surface area contributed by atoms with Crippen molar-refractivity contribution in [1.82, 2.24) is 20.1 Å². The van der Waals surface area contributed by atoms with Gasteiger partial charge in [-0.1, -0.05) is 48.5 Å². The number of hydrogen-bond donors (Lipinski definition) is 3. The van der Waals surface area contributed by atoms with Gasteiger partial charge in [-0.05, 0) is 18.1 Å². The molecule has 2 aromatic heterocycles. The first-order valence-corrected chi connectivity index (χ1v) is 12.1.